The Balaban J connectivity index is 1.66. The molecule has 0 spiro atoms. The van der Waals surface area contributed by atoms with Gasteiger partial charge in [-0.15, -0.1) is 0 Å². The fraction of sp³-hybridized carbons (Fsp3) is 0.125. The van der Waals surface area contributed by atoms with Gasteiger partial charge in [0.05, 0.1) is 28.8 Å². The lowest BCUT2D eigenvalue weighted by molar-refractivity contribution is -0.385. The third kappa shape index (κ3) is 4.65. The van der Waals surface area contributed by atoms with Crippen LogP contribution in [0.1, 0.15) is 38.7 Å². The van der Waals surface area contributed by atoms with E-state index in [2.05, 4.69) is 20.6 Å². The molecule has 1 aliphatic heterocycles. The maximum atomic E-state index is 12.1. The predicted molar refractivity (Wildman–Crippen MR) is 135 cm³/mol. The first-order valence-corrected chi connectivity index (χ1v) is 10.8. The van der Waals surface area contributed by atoms with E-state index < -0.39 is 16.9 Å². The van der Waals surface area contributed by atoms with Crippen LogP contribution < -0.4 is 26.8 Å². The van der Waals surface area contributed by atoms with Gasteiger partial charge >= 0.3 is 5.97 Å². The lowest BCUT2D eigenvalue weighted by atomic mass is 9.95. The van der Waals surface area contributed by atoms with Crippen LogP contribution in [0.25, 0.3) is 0 Å². The van der Waals surface area contributed by atoms with Gasteiger partial charge in [0, 0.05) is 11.6 Å². The minimum absolute atomic E-state index is 0.00765. The number of aliphatic imine (C=N–C) groups is 1. The number of nitro benzene ring substituents is 1. The smallest absolute Gasteiger partial charge is 0.338 e. The van der Waals surface area contributed by atoms with E-state index in [1.165, 1.54) is 25.3 Å². The van der Waals surface area contributed by atoms with Crippen LogP contribution in [0, 0.1) is 32.9 Å². The lowest BCUT2D eigenvalue weighted by Gasteiger charge is -2.26. The minimum atomic E-state index is -0.752. The van der Waals surface area contributed by atoms with Crippen LogP contribution in [0.5, 0.6) is 5.75 Å². The van der Waals surface area contributed by atoms with E-state index in [1.54, 1.807) is 30.5 Å². The van der Waals surface area contributed by atoms with Crippen LogP contribution in [0.4, 0.5) is 23.0 Å². The molecule has 1 unspecified atom stereocenters. The molecule has 0 radical (unpaired) electrons. The number of aromatic nitrogens is 1. The van der Waals surface area contributed by atoms with Gasteiger partial charge in [0.15, 0.2) is 6.19 Å². The van der Waals surface area contributed by atoms with Crippen LogP contribution in [0.3, 0.4) is 0 Å². The average molecular weight is 513 g/mol. The lowest BCUT2D eigenvalue weighted by Crippen LogP contribution is -2.32. The van der Waals surface area contributed by atoms with Crippen LogP contribution in [0.15, 0.2) is 47.5 Å². The third-order valence-corrected chi connectivity index (χ3v) is 5.69. The topological polar surface area (TPSA) is 228 Å². The number of nitriles is 2. The molecule has 0 saturated heterocycles. The van der Waals surface area contributed by atoms with Gasteiger partial charge in [-0.05, 0) is 23.8 Å². The molecule has 2 aromatic carbocycles. The molecule has 3 aromatic rings. The van der Waals surface area contributed by atoms with Gasteiger partial charge in [-0.3, -0.25) is 15.4 Å². The number of nitrogens with one attached hydrogen (secondary N) is 2. The monoisotopic (exact) mass is 513 g/mol. The first-order chi connectivity index (χ1) is 18.3. The summed E-state index contributed by atoms with van der Waals surface area (Å²) in [7, 11) is 1.18. The highest BCUT2D eigenvalue weighted by Gasteiger charge is 2.30. The molecule has 4 rings (SSSR count). The molecule has 0 bridgehead atoms. The number of nitrogens with zero attached hydrogens (tertiary/aromatic N) is 5. The number of methoxy groups -OCH3 is 1. The number of anilines is 3. The first kappa shape index (κ1) is 25.2. The third-order valence-electron chi connectivity index (χ3n) is 5.69. The molecule has 0 aliphatic carbocycles. The molecule has 14 heteroatoms. The largest absolute Gasteiger partial charge is 0.489 e. The second kappa shape index (κ2) is 10.4. The number of nitro groups is 1. The van der Waals surface area contributed by atoms with Crippen LogP contribution in [-0.4, -0.2) is 28.9 Å². The first-order valence-electron chi connectivity index (χ1n) is 10.8. The zero-order chi connectivity index (χ0) is 27.4. The van der Waals surface area contributed by atoms with Gasteiger partial charge in [0.1, 0.15) is 41.7 Å². The molecule has 1 atom stereocenters. The molecular formula is C24H19N9O5. The van der Waals surface area contributed by atoms with Gasteiger partial charge in [0.25, 0.3) is 5.69 Å². The van der Waals surface area contributed by atoms with Crippen molar-refractivity contribution < 1.29 is 19.2 Å². The standard InChI is InChI=1S/C24H19N9O5/c1-37-23(34)14-3-2-4-17(33(35)36)16(14)10-38-13-7-5-12(6-8-13)20-18-19(27)15(9-25)21(28)31-22(18)32-24(30-20)29-11-26/h2-8,20H,10H2,1H3,(H6,27,28,29,30,31,32). The number of fused-ring (bicyclic) bond motifs is 1. The quantitative estimate of drug-likeness (QED) is 0.122. The van der Waals surface area contributed by atoms with Crippen molar-refractivity contribution in [3.8, 4) is 18.0 Å². The number of hydrogen-bond acceptors (Lipinski definition) is 13. The van der Waals surface area contributed by atoms with Gasteiger partial charge in [-0.1, -0.05) is 18.2 Å². The molecule has 0 amide bonds. The molecule has 0 saturated carbocycles. The summed E-state index contributed by atoms with van der Waals surface area (Å²) in [6, 6.07) is 11.8. The number of nitrogen functional groups attached to an aromatic ring is 2. The number of guanidine groups is 1. The summed E-state index contributed by atoms with van der Waals surface area (Å²) in [6.45, 7) is -0.271. The van der Waals surface area contributed by atoms with Crippen molar-refractivity contribution in [2.75, 3.05) is 23.9 Å². The number of rotatable bonds is 6. The summed E-state index contributed by atoms with van der Waals surface area (Å²) in [4.78, 5) is 31.7. The molecule has 6 N–H and O–H groups in total. The Morgan fingerprint density at radius 1 is 1.24 bits per heavy atom. The van der Waals surface area contributed by atoms with E-state index in [4.69, 9.17) is 26.2 Å². The van der Waals surface area contributed by atoms with Crippen LogP contribution >= 0.6 is 0 Å². The van der Waals surface area contributed by atoms with Crippen LogP contribution in [-0.2, 0) is 11.3 Å². The Hall–Kier alpha value is -5.89. The van der Waals surface area contributed by atoms with E-state index in [-0.39, 0.29) is 52.3 Å². The summed E-state index contributed by atoms with van der Waals surface area (Å²) in [5.41, 5.74) is 13.0. The van der Waals surface area contributed by atoms with Crippen molar-refractivity contribution in [3.63, 3.8) is 0 Å². The maximum absolute atomic E-state index is 12.1. The molecule has 1 aromatic heterocycles. The summed E-state index contributed by atoms with van der Waals surface area (Å²) in [5, 5.41) is 35.2. The number of carbonyl (C=O) groups is 1. The number of hydrogen-bond donors (Lipinski definition) is 4. The van der Waals surface area contributed by atoms with E-state index in [0.717, 1.165) is 0 Å². The fourth-order valence-corrected chi connectivity index (χ4v) is 3.92. The van der Waals surface area contributed by atoms with Crippen molar-refractivity contribution in [1.82, 2.24) is 10.3 Å². The van der Waals surface area contributed by atoms with E-state index in [0.29, 0.717) is 16.9 Å². The van der Waals surface area contributed by atoms with E-state index in [9.17, 15) is 20.2 Å². The molecule has 14 nitrogen and oxygen atoms in total. The number of benzene rings is 2. The minimum Gasteiger partial charge on any atom is -0.489 e. The van der Waals surface area contributed by atoms with Gasteiger partial charge in [-0.2, -0.15) is 10.5 Å². The summed E-state index contributed by atoms with van der Waals surface area (Å²) >= 11 is 0. The Morgan fingerprint density at radius 3 is 2.61 bits per heavy atom. The highest BCUT2D eigenvalue weighted by molar-refractivity contribution is 5.98. The maximum Gasteiger partial charge on any atom is 0.338 e. The molecule has 2 heterocycles. The zero-order valence-corrected chi connectivity index (χ0v) is 19.8. The molecule has 0 fully saturated rings. The SMILES string of the molecule is COC(=O)c1cccc([N+](=O)[O-])c1COc1ccc(C2N=C(NC#N)Nc3nc(N)c(C#N)c(N)c32)cc1. The number of esters is 1. The normalized spacial score (nSPS) is 13.6. The van der Waals surface area contributed by atoms with Crippen molar-refractivity contribution in [2.24, 2.45) is 4.99 Å². The van der Waals surface area contributed by atoms with Gasteiger partial charge in [-0.25, -0.2) is 14.8 Å². The highest BCUT2D eigenvalue weighted by Crippen LogP contribution is 2.40. The van der Waals surface area contributed by atoms with Crippen molar-refractivity contribution in [1.29, 1.82) is 10.5 Å². The van der Waals surface area contributed by atoms with Crippen molar-refractivity contribution in [2.45, 2.75) is 12.6 Å². The number of ether oxygens (including phenoxy) is 2. The molecule has 190 valence electrons. The Morgan fingerprint density at radius 2 is 1.97 bits per heavy atom. The predicted octanol–water partition coefficient (Wildman–Crippen LogP) is 2.33. The van der Waals surface area contributed by atoms with Gasteiger partial charge < -0.3 is 26.3 Å². The Labute approximate surface area is 215 Å². The molecular weight excluding hydrogens is 494 g/mol. The molecule has 1 aliphatic rings. The number of pyridine rings is 1. The Bertz CT molecular complexity index is 1560. The number of nitrogens with two attached hydrogens (primary N) is 2. The summed E-state index contributed by atoms with van der Waals surface area (Å²) in [6.07, 6.45) is 1.78. The van der Waals surface area contributed by atoms with E-state index >= 15 is 0 Å². The van der Waals surface area contributed by atoms with Gasteiger partial charge in [0.2, 0.25) is 5.96 Å². The summed E-state index contributed by atoms with van der Waals surface area (Å²) in [5.74, 6) is -0.108. The van der Waals surface area contributed by atoms with Crippen molar-refractivity contribution >= 4 is 34.9 Å². The van der Waals surface area contributed by atoms with E-state index in [1.807, 2.05) is 6.07 Å². The number of carbonyl (C=O) groups excluding carboxylic acids is 1. The molecule has 38 heavy (non-hydrogen) atoms. The fourth-order valence-electron chi connectivity index (χ4n) is 3.92. The van der Waals surface area contributed by atoms with Crippen LogP contribution in [0.2, 0.25) is 0 Å². The average Bonchev–Trinajstić information content (AvgIpc) is 2.91. The zero-order valence-electron chi connectivity index (χ0n) is 19.8. The second-order valence-corrected chi connectivity index (χ2v) is 7.81. The van der Waals surface area contributed by atoms with Crippen molar-refractivity contribution in [3.05, 3.63) is 80.4 Å². The Kier molecular flexibility index (Phi) is 6.89. The second-order valence-electron chi connectivity index (χ2n) is 7.81. The highest BCUT2D eigenvalue weighted by atomic mass is 16.6. The summed E-state index contributed by atoms with van der Waals surface area (Å²) < 4.78 is 10.5.